The first kappa shape index (κ1) is 22.0. The minimum absolute atomic E-state index is 0. The van der Waals surface area contributed by atoms with Crippen molar-refractivity contribution in [3.05, 3.63) is 71.9 Å². The first-order valence-electron chi connectivity index (χ1n) is 6.95. The summed E-state index contributed by atoms with van der Waals surface area (Å²) in [5.41, 5.74) is 2.96. The third kappa shape index (κ3) is 7.80. The van der Waals surface area contributed by atoms with Crippen LogP contribution in [-0.4, -0.2) is 9.19 Å². The molecule has 134 valence electrons. The van der Waals surface area contributed by atoms with Gasteiger partial charge in [-0.05, 0) is 29.8 Å². The van der Waals surface area contributed by atoms with Crippen LogP contribution in [0.5, 0.6) is 5.75 Å². The Morgan fingerprint density at radius 1 is 1.00 bits per heavy atom. The Morgan fingerprint density at radius 2 is 1.72 bits per heavy atom. The average Bonchev–Trinajstić information content (AvgIpc) is 2.59. The number of alkyl halides is 1. The summed E-state index contributed by atoms with van der Waals surface area (Å²) < 4.78 is 14.8. The molecule has 0 aliphatic carbocycles. The molecule has 0 fully saturated rings. The van der Waals surface area contributed by atoms with E-state index in [1.165, 1.54) is 0 Å². The van der Waals surface area contributed by atoms with Gasteiger partial charge in [-0.25, -0.2) is 9.19 Å². The number of rotatable bonds is 4. The molecule has 1 aromatic heterocycles. The van der Waals surface area contributed by atoms with Gasteiger partial charge in [-0.1, -0.05) is 36.4 Å². The largest absolute Gasteiger partial charge is 0.487 e. The second kappa shape index (κ2) is 11.6. The van der Waals surface area contributed by atoms with Gasteiger partial charge in [0.15, 0.2) is 0 Å². The Morgan fingerprint density at radius 3 is 2.44 bits per heavy atom. The second-order valence-corrected chi connectivity index (χ2v) is 7.54. The van der Waals surface area contributed by atoms with Crippen LogP contribution in [0.1, 0.15) is 11.3 Å². The SMILES string of the molecule is Cl.ClCc1cccc(OCc2ccc3ccccc3n2)c1.O=S(Cl)Cl. The van der Waals surface area contributed by atoms with Gasteiger partial charge in [-0.15, -0.1) is 24.0 Å². The Bertz CT molecular complexity index is 828. The molecule has 3 aromatic rings. The van der Waals surface area contributed by atoms with Gasteiger partial charge in [0.2, 0.25) is 9.23 Å². The maximum absolute atomic E-state index is 9.09. The van der Waals surface area contributed by atoms with Gasteiger partial charge >= 0.3 is 0 Å². The zero-order chi connectivity index (χ0) is 17.4. The summed E-state index contributed by atoms with van der Waals surface area (Å²) in [6.45, 7) is 0.455. The van der Waals surface area contributed by atoms with E-state index in [0.717, 1.165) is 27.9 Å². The maximum Gasteiger partial charge on any atom is 0.211 e. The molecular formula is C17H15Cl4NO2S. The van der Waals surface area contributed by atoms with E-state index < -0.39 is 9.23 Å². The lowest BCUT2D eigenvalue weighted by atomic mass is 10.2. The number of hydrogen-bond donors (Lipinski definition) is 0. The Kier molecular flexibility index (Phi) is 10.2. The smallest absolute Gasteiger partial charge is 0.211 e. The number of nitrogens with zero attached hydrogens (tertiary/aromatic N) is 1. The van der Waals surface area contributed by atoms with Crippen LogP contribution in [0.3, 0.4) is 0 Å². The highest BCUT2D eigenvalue weighted by molar-refractivity contribution is 8.26. The molecule has 25 heavy (non-hydrogen) atoms. The second-order valence-electron chi connectivity index (χ2n) is 4.75. The summed E-state index contributed by atoms with van der Waals surface area (Å²) in [6, 6.07) is 19.9. The van der Waals surface area contributed by atoms with Crippen LogP contribution in [0.15, 0.2) is 60.7 Å². The van der Waals surface area contributed by atoms with Crippen molar-refractivity contribution in [3.63, 3.8) is 0 Å². The maximum atomic E-state index is 9.09. The van der Waals surface area contributed by atoms with E-state index in [1.807, 2.05) is 48.5 Å². The molecule has 3 nitrogen and oxygen atoms in total. The molecule has 0 bridgehead atoms. The van der Waals surface area contributed by atoms with Gasteiger partial charge < -0.3 is 4.74 Å². The van der Waals surface area contributed by atoms with Crippen molar-refractivity contribution in [2.45, 2.75) is 12.5 Å². The van der Waals surface area contributed by atoms with Crippen LogP contribution in [-0.2, 0) is 21.7 Å². The van der Waals surface area contributed by atoms with E-state index >= 15 is 0 Å². The molecule has 0 amide bonds. The lowest BCUT2D eigenvalue weighted by Crippen LogP contribution is -1.98. The van der Waals surface area contributed by atoms with Gasteiger partial charge in [0.05, 0.1) is 11.2 Å². The van der Waals surface area contributed by atoms with Gasteiger partial charge in [0.1, 0.15) is 12.4 Å². The molecule has 0 spiro atoms. The standard InChI is InChI=1S/C17H14ClNO.Cl2OS.ClH/c18-11-13-4-3-6-16(10-13)20-12-15-9-8-14-5-1-2-7-17(14)19-15;1-4(2)3;/h1-10H,11-12H2;;1H. The fourth-order valence-electron chi connectivity index (χ4n) is 2.06. The first-order chi connectivity index (χ1) is 11.6. The summed E-state index contributed by atoms with van der Waals surface area (Å²) >= 11 is 5.81. The number of aromatic nitrogens is 1. The number of halogens is 4. The van der Waals surface area contributed by atoms with Crippen LogP contribution >= 0.6 is 45.4 Å². The Hall–Kier alpha value is -1.04. The molecule has 2 aromatic carbocycles. The number of pyridine rings is 1. The molecule has 1 heterocycles. The van der Waals surface area contributed by atoms with Crippen LogP contribution in [0.25, 0.3) is 10.9 Å². The summed E-state index contributed by atoms with van der Waals surface area (Å²) in [7, 11) is 7.36. The number of hydrogen-bond acceptors (Lipinski definition) is 3. The number of ether oxygens (including phenoxy) is 1. The van der Waals surface area contributed by atoms with Crippen LogP contribution in [0, 0.1) is 0 Å². The molecule has 0 atom stereocenters. The van der Waals surface area contributed by atoms with Gasteiger partial charge in [0, 0.05) is 32.6 Å². The van der Waals surface area contributed by atoms with E-state index in [-0.39, 0.29) is 12.4 Å². The summed E-state index contributed by atoms with van der Waals surface area (Å²) in [6.07, 6.45) is 0. The van der Waals surface area contributed by atoms with Gasteiger partial charge in [-0.2, -0.15) is 0 Å². The van der Waals surface area contributed by atoms with Crippen molar-refractivity contribution in [1.82, 2.24) is 4.98 Å². The van der Waals surface area contributed by atoms with Gasteiger partial charge in [-0.3, -0.25) is 0 Å². The highest BCUT2D eigenvalue weighted by Gasteiger charge is 2.00. The lowest BCUT2D eigenvalue weighted by Gasteiger charge is -2.07. The number of benzene rings is 2. The van der Waals surface area contributed by atoms with Crippen LogP contribution < -0.4 is 4.74 Å². The third-order valence-electron chi connectivity index (χ3n) is 3.10. The molecule has 0 saturated heterocycles. The molecule has 8 heteroatoms. The van der Waals surface area contributed by atoms with Crippen molar-refractivity contribution >= 4 is 65.5 Å². The quantitative estimate of drug-likeness (QED) is 0.369. The van der Waals surface area contributed by atoms with Crippen molar-refractivity contribution in [1.29, 1.82) is 0 Å². The molecule has 0 aliphatic rings. The average molecular weight is 439 g/mol. The fraction of sp³-hybridized carbons (Fsp3) is 0.118. The molecule has 0 saturated carbocycles. The topological polar surface area (TPSA) is 39.2 Å². The monoisotopic (exact) mass is 437 g/mol. The van der Waals surface area contributed by atoms with Crippen LogP contribution in [0.4, 0.5) is 0 Å². The zero-order valence-electron chi connectivity index (χ0n) is 12.9. The fourth-order valence-corrected chi connectivity index (χ4v) is 2.23. The predicted molar refractivity (Wildman–Crippen MR) is 109 cm³/mol. The van der Waals surface area contributed by atoms with Crippen molar-refractivity contribution < 1.29 is 8.95 Å². The van der Waals surface area contributed by atoms with E-state index in [9.17, 15) is 0 Å². The number of fused-ring (bicyclic) bond motifs is 1. The molecule has 0 aliphatic heterocycles. The Labute approximate surface area is 169 Å². The minimum atomic E-state index is -1.67. The molecule has 3 rings (SSSR count). The normalized spacial score (nSPS) is 9.92. The van der Waals surface area contributed by atoms with E-state index in [4.69, 9.17) is 20.5 Å². The molecular weight excluding hydrogens is 424 g/mol. The predicted octanol–water partition coefficient (Wildman–Crippen LogP) is 6.02. The van der Waals surface area contributed by atoms with E-state index in [0.29, 0.717) is 12.5 Å². The van der Waals surface area contributed by atoms with E-state index in [1.54, 1.807) is 0 Å². The van der Waals surface area contributed by atoms with E-state index in [2.05, 4.69) is 38.5 Å². The highest BCUT2D eigenvalue weighted by Crippen LogP contribution is 2.17. The molecule has 0 radical (unpaired) electrons. The third-order valence-corrected chi connectivity index (χ3v) is 3.40. The van der Waals surface area contributed by atoms with Crippen LogP contribution in [0.2, 0.25) is 0 Å². The highest BCUT2D eigenvalue weighted by atomic mass is 36.0. The summed E-state index contributed by atoms with van der Waals surface area (Å²) in [5.74, 6) is 1.31. The van der Waals surface area contributed by atoms with Crippen molar-refractivity contribution in [3.8, 4) is 5.75 Å². The first-order valence-corrected chi connectivity index (χ1v) is 10.3. The minimum Gasteiger partial charge on any atom is -0.487 e. The molecule has 0 N–H and O–H groups in total. The lowest BCUT2D eigenvalue weighted by molar-refractivity contribution is 0.301. The van der Waals surface area contributed by atoms with Crippen molar-refractivity contribution in [2.75, 3.05) is 0 Å². The Balaban J connectivity index is 0.000000568. The summed E-state index contributed by atoms with van der Waals surface area (Å²) in [4.78, 5) is 4.58. The zero-order valence-corrected chi connectivity index (χ0v) is 16.8. The molecule has 0 unspecified atom stereocenters. The van der Waals surface area contributed by atoms with Gasteiger partial charge in [0.25, 0.3) is 0 Å². The van der Waals surface area contributed by atoms with Crippen molar-refractivity contribution in [2.24, 2.45) is 0 Å². The number of para-hydroxylation sites is 1. The summed E-state index contributed by atoms with van der Waals surface area (Å²) in [5, 5.41) is 1.14.